The number of halogens is 2. The van der Waals surface area contributed by atoms with Gasteiger partial charge in [-0.25, -0.2) is 0 Å². The highest BCUT2D eigenvalue weighted by Crippen LogP contribution is 2.44. The lowest BCUT2D eigenvalue weighted by Crippen LogP contribution is -2.50. The summed E-state index contributed by atoms with van der Waals surface area (Å²) in [5.41, 5.74) is 2.12. The van der Waals surface area contributed by atoms with Gasteiger partial charge >= 0.3 is 0 Å². The number of piperidine rings is 1. The van der Waals surface area contributed by atoms with Gasteiger partial charge in [0.25, 0.3) is 0 Å². The minimum atomic E-state index is -0.355. The highest BCUT2D eigenvalue weighted by Gasteiger charge is 2.48. The molecule has 4 nitrogen and oxygen atoms in total. The zero-order valence-electron chi connectivity index (χ0n) is 13.3. The number of aliphatic hydroxyl groups excluding tert-OH is 1. The third kappa shape index (κ3) is 3.22. The summed E-state index contributed by atoms with van der Waals surface area (Å²) >= 11 is 12.3. The summed E-state index contributed by atoms with van der Waals surface area (Å²) in [6.45, 7) is 2.07. The molecular weight excluding hydrogens is 335 g/mol. The summed E-state index contributed by atoms with van der Waals surface area (Å²) in [7, 11) is 1.56. The molecule has 1 aromatic rings. The Morgan fingerprint density at radius 2 is 2.13 bits per heavy atom. The molecule has 2 unspecified atom stereocenters. The first-order valence-corrected chi connectivity index (χ1v) is 8.79. The van der Waals surface area contributed by atoms with Crippen LogP contribution in [0.2, 0.25) is 10.0 Å². The molecule has 0 spiro atoms. The van der Waals surface area contributed by atoms with Crippen LogP contribution in [0.25, 0.3) is 0 Å². The van der Waals surface area contributed by atoms with Crippen molar-refractivity contribution in [2.24, 2.45) is 11.1 Å². The molecule has 2 N–H and O–H groups in total. The number of nitrogens with one attached hydrogen (secondary N) is 1. The number of aliphatic hydroxyl groups is 1. The van der Waals surface area contributed by atoms with Crippen LogP contribution in [-0.4, -0.2) is 36.1 Å². The number of benzene rings is 1. The largest absolute Gasteiger partial charge is 0.399 e. The van der Waals surface area contributed by atoms with Crippen molar-refractivity contribution >= 4 is 28.9 Å². The molecule has 0 aliphatic carbocycles. The smallest absolute Gasteiger partial charge is 0.106 e. The van der Waals surface area contributed by atoms with Crippen LogP contribution in [0.3, 0.4) is 0 Å². The predicted molar refractivity (Wildman–Crippen MR) is 93.4 cm³/mol. The normalized spacial score (nSPS) is 33.8. The van der Waals surface area contributed by atoms with Crippen LogP contribution in [0, 0.1) is 5.92 Å². The van der Waals surface area contributed by atoms with Gasteiger partial charge in [0, 0.05) is 18.0 Å². The summed E-state index contributed by atoms with van der Waals surface area (Å²) in [6.07, 6.45) is 2.15. The van der Waals surface area contributed by atoms with E-state index >= 15 is 0 Å². The van der Waals surface area contributed by atoms with Gasteiger partial charge < -0.3 is 15.3 Å². The van der Waals surface area contributed by atoms with Gasteiger partial charge in [0.05, 0.1) is 21.9 Å². The second kappa shape index (κ2) is 6.98. The van der Waals surface area contributed by atoms with Crippen molar-refractivity contribution in [3.8, 4) is 0 Å². The van der Waals surface area contributed by atoms with Crippen molar-refractivity contribution < 1.29 is 9.94 Å². The van der Waals surface area contributed by atoms with Crippen molar-refractivity contribution in [1.82, 2.24) is 5.32 Å². The maximum Gasteiger partial charge on any atom is 0.106 e. The lowest BCUT2D eigenvalue weighted by Gasteiger charge is -2.39. The average Bonchev–Trinajstić information content (AvgIpc) is 2.83. The summed E-state index contributed by atoms with van der Waals surface area (Å²) in [6, 6.07) is 6.14. The molecule has 2 aliphatic rings. The molecule has 2 fully saturated rings. The molecule has 0 aromatic heterocycles. The first-order valence-electron chi connectivity index (χ1n) is 8.04. The quantitative estimate of drug-likeness (QED) is 0.640. The van der Waals surface area contributed by atoms with E-state index in [-0.39, 0.29) is 24.0 Å². The predicted octanol–water partition coefficient (Wildman–Crippen LogP) is 3.60. The molecule has 2 aliphatic heterocycles. The fourth-order valence-electron chi connectivity index (χ4n) is 4.10. The van der Waals surface area contributed by atoms with Gasteiger partial charge in [0.2, 0.25) is 0 Å². The zero-order chi connectivity index (χ0) is 16.6. The highest BCUT2D eigenvalue weighted by atomic mass is 35.5. The topological polar surface area (TPSA) is 53.9 Å². The summed E-state index contributed by atoms with van der Waals surface area (Å²) in [4.78, 5) is 5.05. The molecule has 0 saturated carbocycles. The number of rotatable bonds is 4. The van der Waals surface area contributed by atoms with E-state index < -0.39 is 0 Å². The molecule has 2 saturated heterocycles. The van der Waals surface area contributed by atoms with Crippen LogP contribution in [0.5, 0.6) is 0 Å². The van der Waals surface area contributed by atoms with Gasteiger partial charge in [-0.3, -0.25) is 0 Å². The highest BCUT2D eigenvalue weighted by molar-refractivity contribution is 6.42. The van der Waals surface area contributed by atoms with Crippen LogP contribution in [0.4, 0.5) is 0 Å². The van der Waals surface area contributed by atoms with Crippen LogP contribution in [-0.2, 0) is 4.84 Å². The number of hydrogen-bond donors (Lipinski definition) is 2. The van der Waals surface area contributed by atoms with E-state index in [1.807, 2.05) is 18.2 Å². The van der Waals surface area contributed by atoms with E-state index in [2.05, 4.69) is 17.4 Å². The number of oxime groups is 1. The van der Waals surface area contributed by atoms with Crippen LogP contribution in [0.1, 0.15) is 37.7 Å². The summed E-state index contributed by atoms with van der Waals surface area (Å²) < 4.78 is 0. The second-order valence-corrected chi connectivity index (χ2v) is 7.17. The Labute approximate surface area is 146 Å². The molecule has 2 heterocycles. The van der Waals surface area contributed by atoms with Crippen molar-refractivity contribution in [3.63, 3.8) is 0 Å². The Morgan fingerprint density at radius 3 is 2.78 bits per heavy atom. The molecule has 126 valence electrons. The number of fused-ring (bicyclic) bond motifs is 2. The standard InChI is InChI=1S/C17H22Cl2N2O2/c1-3-14(21-23-2)16-11(7-10-8-15(22)17(16)20-10)9-4-5-12(18)13(19)6-9/h4-6,10-11,15-17,20,22H,3,7-8H2,1-2H3/t10?,11-,15?,16-,17-/m1/s1. The Morgan fingerprint density at radius 1 is 1.35 bits per heavy atom. The molecule has 23 heavy (non-hydrogen) atoms. The van der Waals surface area contributed by atoms with Crippen LogP contribution in [0.15, 0.2) is 23.4 Å². The zero-order valence-corrected chi connectivity index (χ0v) is 14.8. The molecule has 3 rings (SSSR count). The lowest BCUT2D eigenvalue weighted by atomic mass is 9.73. The molecule has 0 radical (unpaired) electrons. The van der Waals surface area contributed by atoms with Crippen molar-refractivity contribution in [3.05, 3.63) is 33.8 Å². The Hall–Kier alpha value is -0.810. The van der Waals surface area contributed by atoms with Gasteiger partial charge in [-0.05, 0) is 42.9 Å². The minimum Gasteiger partial charge on any atom is -0.399 e. The minimum absolute atomic E-state index is 0.00190. The Kier molecular flexibility index (Phi) is 5.16. The lowest BCUT2D eigenvalue weighted by molar-refractivity contribution is 0.136. The molecule has 1 aromatic carbocycles. The van der Waals surface area contributed by atoms with Crippen molar-refractivity contribution in [2.45, 2.75) is 50.3 Å². The maximum absolute atomic E-state index is 10.4. The third-order valence-corrected chi connectivity index (χ3v) is 5.79. The maximum atomic E-state index is 10.4. The van der Waals surface area contributed by atoms with E-state index in [1.54, 1.807) is 7.11 Å². The van der Waals surface area contributed by atoms with E-state index in [0.29, 0.717) is 16.1 Å². The van der Waals surface area contributed by atoms with Crippen molar-refractivity contribution in [2.75, 3.05) is 7.11 Å². The van der Waals surface area contributed by atoms with E-state index in [9.17, 15) is 5.11 Å². The van der Waals surface area contributed by atoms with E-state index in [1.165, 1.54) is 0 Å². The van der Waals surface area contributed by atoms with Gasteiger partial charge in [-0.15, -0.1) is 0 Å². The van der Waals surface area contributed by atoms with E-state index in [0.717, 1.165) is 30.5 Å². The molecule has 0 amide bonds. The van der Waals surface area contributed by atoms with Gasteiger partial charge in [0.15, 0.2) is 0 Å². The Balaban J connectivity index is 2.01. The summed E-state index contributed by atoms with van der Waals surface area (Å²) in [5.74, 6) is 0.331. The first-order chi connectivity index (χ1) is 11.0. The molecule has 2 bridgehead atoms. The first kappa shape index (κ1) is 17.0. The Bertz CT molecular complexity index is 608. The number of nitrogens with zero attached hydrogens (tertiary/aromatic N) is 1. The van der Waals surface area contributed by atoms with Crippen LogP contribution < -0.4 is 5.32 Å². The molecular formula is C17H22Cl2N2O2. The van der Waals surface area contributed by atoms with Gasteiger partial charge in [-0.1, -0.05) is 41.3 Å². The molecule has 6 heteroatoms. The monoisotopic (exact) mass is 356 g/mol. The molecule has 5 atom stereocenters. The second-order valence-electron chi connectivity index (χ2n) is 6.35. The van der Waals surface area contributed by atoms with E-state index in [4.69, 9.17) is 28.0 Å². The van der Waals surface area contributed by atoms with Crippen molar-refractivity contribution in [1.29, 1.82) is 0 Å². The SMILES string of the molecule is CCC(=NOC)[C@H]1[C@@H](c2ccc(Cl)c(Cl)c2)CC2CC(O)[C@H]1N2. The third-order valence-electron chi connectivity index (χ3n) is 5.05. The van der Waals surface area contributed by atoms with Gasteiger partial charge in [0.1, 0.15) is 7.11 Å². The van der Waals surface area contributed by atoms with Crippen LogP contribution >= 0.6 is 23.2 Å². The summed E-state index contributed by atoms with van der Waals surface area (Å²) in [5, 5.41) is 19.3. The fourth-order valence-corrected chi connectivity index (χ4v) is 4.41. The fraction of sp³-hybridized carbons (Fsp3) is 0.588. The van der Waals surface area contributed by atoms with Gasteiger partial charge in [-0.2, -0.15) is 0 Å². The average molecular weight is 357 g/mol. The number of hydrogen-bond acceptors (Lipinski definition) is 4.